The molecule has 184 valence electrons. The smallest absolute Gasteiger partial charge is 0.338 e. The van der Waals surface area contributed by atoms with E-state index in [0.717, 1.165) is 24.3 Å². The molecule has 0 aliphatic carbocycles. The van der Waals surface area contributed by atoms with Gasteiger partial charge in [0, 0.05) is 0 Å². The average Bonchev–Trinajstić information content (AvgIpc) is 3.00. The third-order valence-electron chi connectivity index (χ3n) is 5.02. The summed E-state index contributed by atoms with van der Waals surface area (Å²) >= 11 is 0. The van der Waals surface area contributed by atoms with Crippen molar-refractivity contribution in [3.05, 3.63) is 35.4 Å². The molecule has 0 radical (unpaired) electrons. The lowest BCUT2D eigenvalue weighted by Crippen LogP contribution is -2.52. The van der Waals surface area contributed by atoms with Crippen LogP contribution in [0.3, 0.4) is 0 Å². The number of aliphatic hydroxyl groups excluding tert-OH is 2. The van der Waals surface area contributed by atoms with Gasteiger partial charge in [-0.15, -0.1) is 0 Å². The fourth-order valence-corrected chi connectivity index (χ4v) is 3.06. The van der Waals surface area contributed by atoms with Gasteiger partial charge in [0.1, 0.15) is 25.4 Å². The molecule has 0 spiro atoms. The number of phenols is 6. The Morgan fingerprint density at radius 2 is 1.21 bits per heavy atom. The minimum absolute atomic E-state index is 0.370. The zero-order valence-electron chi connectivity index (χ0n) is 17.0. The summed E-state index contributed by atoms with van der Waals surface area (Å²) < 4.78 is 14.6. The quantitative estimate of drug-likeness (QED) is 0.172. The molecule has 2 aromatic carbocycles. The van der Waals surface area contributed by atoms with Crippen LogP contribution in [0.5, 0.6) is 34.5 Å². The molecule has 9 N–H and O–H groups in total. The number of hydrogen-bond acceptors (Lipinski definition) is 14. The van der Waals surface area contributed by atoms with Crippen LogP contribution in [-0.4, -0.2) is 95.2 Å². The van der Waals surface area contributed by atoms with Crippen molar-refractivity contribution in [3.63, 3.8) is 0 Å². The summed E-state index contributed by atoms with van der Waals surface area (Å²) in [6.07, 6.45) is -5.53. The Kier molecular flexibility index (Phi) is 6.60. The van der Waals surface area contributed by atoms with Gasteiger partial charge >= 0.3 is 11.9 Å². The van der Waals surface area contributed by atoms with Crippen LogP contribution in [0.1, 0.15) is 20.7 Å². The summed E-state index contributed by atoms with van der Waals surface area (Å²) in [5.41, 5.74) is -3.36. The van der Waals surface area contributed by atoms with E-state index in [0.29, 0.717) is 0 Å². The summed E-state index contributed by atoms with van der Waals surface area (Å²) in [4.78, 5) is 24.2. The normalized spacial score (nSPS) is 24.0. The first-order valence-electron chi connectivity index (χ1n) is 9.43. The minimum atomic E-state index is -2.57. The van der Waals surface area contributed by atoms with E-state index in [-0.39, 0.29) is 5.56 Å². The second kappa shape index (κ2) is 9.11. The molecule has 34 heavy (non-hydrogen) atoms. The highest BCUT2D eigenvalue weighted by Crippen LogP contribution is 2.37. The molecule has 3 rings (SSSR count). The van der Waals surface area contributed by atoms with Gasteiger partial charge in [-0.25, -0.2) is 9.59 Å². The highest BCUT2D eigenvalue weighted by atomic mass is 16.7. The second-order valence-corrected chi connectivity index (χ2v) is 7.36. The maximum Gasteiger partial charge on any atom is 0.338 e. The molecule has 0 bridgehead atoms. The van der Waals surface area contributed by atoms with Gasteiger partial charge in [-0.3, -0.25) is 0 Å². The van der Waals surface area contributed by atoms with E-state index in [2.05, 4.69) is 0 Å². The maximum absolute atomic E-state index is 12.1. The molecule has 0 aromatic heterocycles. The van der Waals surface area contributed by atoms with Crippen LogP contribution >= 0.6 is 0 Å². The van der Waals surface area contributed by atoms with Crippen molar-refractivity contribution < 1.29 is 69.8 Å². The number of benzene rings is 2. The minimum Gasteiger partial charge on any atom is -0.504 e. The first-order chi connectivity index (χ1) is 15.8. The number of carbonyl (C=O) groups is 2. The standard InChI is InChI=1S/C20H20O14/c21-9-1-7(2-10(22)14(9)25)17(28)32-5-13-16(27)20(31,19(30)34-13)6-33-18(29)8-3-11(23)15(26)12(24)4-8/h1-4,13,16,19,21-27,30-31H,5-6H2/t13-,16-,19-,20-/m0/s1. The first-order valence-corrected chi connectivity index (χ1v) is 9.43. The Labute approximate surface area is 189 Å². The first kappa shape index (κ1) is 24.7. The van der Waals surface area contributed by atoms with Crippen LogP contribution in [0, 0.1) is 0 Å². The van der Waals surface area contributed by atoms with E-state index in [4.69, 9.17) is 14.2 Å². The van der Waals surface area contributed by atoms with E-state index >= 15 is 0 Å². The molecule has 2 aromatic rings. The van der Waals surface area contributed by atoms with Crippen LogP contribution in [0.25, 0.3) is 0 Å². The van der Waals surface area contributed by atoms with Crippen LogP contribution in [0.4, 0.5) is 0 Å². The lowest BCUT2D eigenvalue weighted by Gasteiger charge is -2.27. The van der Waals surface area contributed by atoms with Gasteiger partial charge in [-0.05, 0) is 24.3 Å². The van der Waals surface area contributed by atoms with Gasteiger partial charge in [-0.1, -0.05) is 0 Å². The molecule has 0 amide bonds. The average molecular weight is 484 g/mol. The lowest BCUT2D eigenvalue weighted by molar-refractivity contribution is -0.191. The van der Waals surface area contributed by atoms with Crippen molar-refractivity contribution in [1.29, 1.82) is 0 Å². The van der Waals surface area contributed by atoms with Crippen LogP contribution in [-0.2, 0) is 14.2 Å². The number of hydrogen-bond donors (Lipinski definition) is 9. The zero-order chi connectivity index (χ0) is 25.4. The number of aliphatic hydroxyl groups is 3. The Bertz CT molecular complexity index is 1070. The molecule has 4 atom stereocenters. The monoisotopic (exact) mass is 484 g/mol. The molecule has 1 heterocycles. The van der Waals surface area contributed by atoms with Crippen molar-refractivity contribution in [2.75, 3.05) is 13.2 Å². The molecule has 1 fully saturated rings. The Morgan fingerprint density at radius 1 is 0.794 bits per heavy atom. The van der Waals surface area contributed by atoms with Crippen LogP contribution < -0.4 is 0 Å². The van der Waals surface area contributed by atoms with Crippen molar-refractivity contribution in [1.82, 2.24) is 0 Å². The van der Waals surface area contributed by atoms with Crippen molar-refractivity contribution in [2.45, 2.75) is 24.1 Å². The molecular formula is C20H20O14. The SMILES string of the molecule is O=C(OC[C@@H]1O[C@H](O)[C@](O)(COC(=O)c2cc(O)c(O)c(O)c2)[C@H]1O)c1cc(O)c(O)c(O)c1. The number of carbonyl (C=O) groups excluding carboxylic acids is 2. The third kappa shape index (κ3) is 4.55. The molecule has 1 aliphatic heterocycles. The van der Waals surface area contributed by atoms with Gasteiger partial charge < -0.3 is 60.2 Å². The molecule has 0 unspecified atom stereocenters. The molecule has 14 heteroatoms. The fourth-order valence-electron chi connectivity index (χ4n) is 3.06. The highest BCUT2D eigenvalue weighted by Gasteiger charge is 2.56. The summed E-state index contributed by atoms with van der Waals surface area (Å²) in [6, 6.07) is 3.13. The topological polar surface area (TPSA) is 244 Å². The van der Waals surface area contributed by atoms with Gasteiger partial charge in [0.25, 0.3) is 0 Å². The number of aromatic hydroxyl groups is 6. The van der Waals surface area contributed by atoms with Crippen LogP contribution in [0.2, 0.25) is 0 Å². The molecular weight excluding hydrogens is 464 g/mol. The fraction of sp³-hybridized carbons (Fsp3) is 0.300. The van der Waals surface area contributed by atoms with Gasteiger partial charge in [0.05, 0.1) is 11.1 Å². The lowest BCUT2D eigenvalue weighted by atomic mass is 9.96. The number of rotatable bonds is 6. The molecule has 1 saturated heterocycles. The number of phenolic OH excluding ortho intramolecular Hbond substituents is 6. The summed E-state index contributed by atoms with van der Waals surface area (Å²) in [6.45, 7) is -1.75. The third-order valence-corrected chi connectivity index (χ3v) is 5.02. The van der Waals surface area contributed by atoms with E-state index in [1.807, 2.05) is 0 Å². The molecule has 14 nitrogen and oxygen atoms in total. The summed E-state index contributed by atoms with van der Waals surface area (Å²) in [5.74, 6) is -7.31. The van der Waals surface area contributed by atoms with E-state index in [9.17, 15) is 55.5 Å². The maximum atomic E-state index is 12.1. The van der Waals surface area contributed by atoms with Gasteiger partial charge in [-0.2, -0.15) is 0 Å². The van der Waals surface area contributed by atoms with Crippen LogP contribution in [0.15, 0.2) is 24.3 Å². The molecule has 1 aliphatic rings. The Balaban J connectivity index is 1.63. The Morgan fingerprint density at radius 3 is 1.65 bits per heavy atom. The molecule has 0 saturated carbocycles. The largest absolute Gasteiger partial charge is 0.504 e. The van der Waals surface area contributed by atoms with E-state index in [1.165, 1.54) is 0 Å². The van der Waals surface area contributed by atoms with Crippen molar-refractivity contribution in [3.8, 4) is 34.5 Å². The zero-order valence-corrected chi connectivity index (χ0v) is 17.0. The summed E-state index contributed by atoms with van der Waals surface area (Å²) in [5, 5.41) is 87.4. The summed E-state index contributed by atoms with van der Waals surface area (Å²) in [7, 11) is 0. The number of ether oxygens (including phenoxy) is 3. The van der Waals surface area contributed by atoms with Gasteiger partial charge in [0.2, 0.25) is 0 Å². The second-order valence-electron chi connectivity index (χ2n) is 7.36. The predicted molar refractivity (Wildman–Crippen MR) is 105 cm³/mol. The number of esters is 2. The Hall–Kier alpha value is -3.98. The van der Waals surface area contributed by atoms with Gasteiger partial charge in [0.15, 0.2) is 46.4 Å². The van der Waals surface area contributed by atoms with E-state index < -0.39 is 89.3 Å². The van der Waals surface area contributed by atoms with E-state index in [1.54, 1.807) is 0 Å². The van der Waals surface area contributed by atoms with Crippen molar-refractivity contribution >= 4 is 11.9 Å². The van der Waals surface area contributed by atoms with Crippen molar-refractivity contribution in [2.24, 2.45) is 0 Å². The highest BCUT2D eigenvalue weighted by molar-refractivity contribution is 5.91. The predicted octanol–water partition coefficient (Wildman–Crippen LogP) is -1.26.